The van der Waals surface area contributed by atoms with E-state index in [0.717, 1.165) is 40.9 Å². The standard InChI is InChI=1S/C24H23N5O3/c30-23(17-2-4-22-25-7-8-29(22)15-17)28-20-12-24(5-9-31-10-6-24)32-21-3-1-16(11-19(20)21)18-13-26-27-14-18/h1-4,7-8,11,13-15,20H,5-6,9-10,12H2,(H,26,27)(H,28,30). The number of aromatic nitrogens is 4. The summed E-state index contributed by atoms with van der Waals surface area (Å²) in [7, 11) is 0. The Bertz CT molecular complexity index is 1270. The van der Waals surface area contributed by atoms with E-state index in [1.807, 2.05) is 47.3 Å². The first kappa shape index (κ1) is 19.1. The molecule has 1 atom stereocenters. The van der Waals surface area contributed by atoms with E-state index >= 15 is 0 Å². The highest BCUT2D eigenvalue weighted by Crippen LogP contribution is 2.45. The maximum absolute atomic E-state index is 13.2. The topological polar surface area (TPSA) is 93.5 Å². The lowest BCUT2D eigenvalue weighted by atomic mass is 9.81. The van der Waals surface area contributed by atoms with E-state index in [4.69, 9.17) is 9.47 Å². The minimum atomic E-state index is -0.325. The number of nitrogens with zero attached hydrogens (tertiary/aromatic N) is 3. The van der Waals surface area contributed by atoms with Gasteiger partial charge in [0, 0.05) is 55.2 Å². The summed E-state index contributed by atoms with van der Waals surface area (Å²) in [5.41, 5.74) is 4.09. The summed E-state index contributed by atoms with van der Waals surface area (Å²) < 4.78 is 14.0. The molecule has 162 valence electrons. The molecule has 2 N–H and O–H groups in total. The van der Waals surface area contributed by atoms with Gasteiger partial charge in [-0.15, -0.1) is 0 Å². The van der Waals surface area contributed by atoms with Gasteiger partial charge in [0.25, 0.3) is 5.91 Å². The molecule has 5 heterocycles. The fraction of sp³-hybridized carbons (Fsp3) is 0.292. The molecule has 2 aliphatic rings. The van der Waals surface area contributed by atoms with Crippen LogP contribution in [0.25, 0.3) is 16.8 Å². The van der Waals surface area contributed by atoms with Gasteiger partial charge >= 0.3 is 0 Å². The number of hydrogen-bond acceptors (Lipinski definition) is 5. The second-order valence-electron chi connectivity index (χ2n) is 8.48. The SMILES string of the molecule is O=C(NC1CC2(CCOCC2)Oc2ccc(-c3cn[nH]c3)cc21)c1ccc2nccn2c1. The van der Waals surface area contributed by atoms with Crippen LogP contribution in [0.2, 0.25) is 0 Å². The fourth-order valence-corrected chi connectivity index (χ4v) is 4.73. The van der Waals surface area contributed by atoms with Crippen LogP contribution in [0.3, 0.4) is 0 Å². The average molecular weight is 429 g/mol. The van der Waals surface area contributed by atoms with Crippen LogP contribution in [0.1, 0.15) is 41.2 Å². The minimum Gasteiger partial charge on any atom is -0.487 e. The second-order valence-corrected chi connectivity index (χ2v) is 8.48. The largest absolute Gasteiger partial charge is 0.487 e. The summed E-state index contributed by atoms with van der Waals surface area (Å²) in [6.07, 6.45) is 11.3. The number of H-pyrrole nitrogens is 1. The van der Waals surface area contributed by atoms with Crippen LogP contribution >= 0.6 is 0 Å². The Hall–Kier alpha value is -3.65. The van der Waals surface area contributed by atoms with Crippen LogP contribution in [-0.2, 0) is 4.74 Å². The number of carbonyl (C=O) groups is 1. The van der Waals surface area contributed by atoms with Crippen LogP contribution in [0.5, 0.6) is 5.75 Å². The van der Waals surface area contributed by atoms with E-state index in [0.29, 0.717) is 25.2 Å². The Morgan fingerprint density at radius 3 is 2.94 bits per heavy atom. The number of benzene rings is 1. The Morgan fingerprint density at radius 1 is 1.19 bits per heavy atom. The molecule has 1 fully saturated rings. The van der Waals surface area contributed by atoms with Gasteiger partial charge in [0.15, 0.2) is 0 Å². The highest BCUT2D eigenvalue weighted by Gasteiger charge is 2.43. The zero-order chi connectivity index (χ0) is 21.5. The van der Waals surface area contributed by atoms with E-state index in [1.54, 1.807) is 12.4 Å². The highest BCUT2D eigenvalue weighted by molar-refractivity contribution is 5.94. The van der Waals surface area contributed by atoms with Crippen LogP contribution in [-0.4, -0.2) is 44.3 Å². The van der Waals surface area contributed by atoms with E-state index in [1.165, 1.54) is 0 Å². The van der Waals surface area contributed by atoms with Crippen LogP contribution in [0.15, 0.2) is 61.3 Å². The number of aromatic amines is 1. The minimum absolute atomic E-state index is 0.116. The molecule has 32 heavy (non-hydrogen) atoms. The molecule has 4 aromatic rings. The molecule has 1 amide bonds. The van der Waals surface area contributed by atoms with Crippen LogP contribution in [0, 0.1) is 0 Å². The summed E-state index contributed by atoms with van der Waals surface area (Å²) in [6, 6.07) is 9.62. The molecule has 8 nitrogen and oxygen atoms in total. The van der Waals surface area contributed by atoms with E-state index in [-0.39, 0.29) is 17.6 Å². The van der Waals surface area contributed by atoms with Crippen molar-refractivity contribution in [2.24, 2.45) is 0 Å². The number of nitrogens with one attached hydrogen (secondary N) is 2. The lowest BCUT2D eigenvalue weighted by molar-refractivity contribution is -0.0639. The molecular formula is C24H23N5O3. The number of pyridine rings is 1. The monoisotopic (exact) mass is 429 g/mol. The van der Waals surface area contributed by atoms with Crippen molar-refractivity contribution in [3.8, 4) is 16.9 Å². The van der Waals surface area contributed by atoms with Gasteiger partial charge in [-0.3, -0.25) is 9.89 Å². The molecule has 1 saturated heterocycles. The second kappa shape index (κ2) is 7.49. The van der Waals surface area contributed by atoms with Crippen molar-refractivity contribution in [2.75, 3.05) is 13.2 Å². The predicted molar refractivity (Wildman–Crippen MR) is 117 cm³/mol. The molecular weight excluding hydrogens is 406 g/mol. The molecule has 1 aromatic carbocycles. The number of hydrogen-bond donors (Lipinski definition) is 2. The van der Waals surface area contributed by atoms with Gasteiger partial charge in [-0.2, -0.15) is 5.10 Å². The maximum atomic E-state index is 13.2. The Kier molecular flexibility index (Phi) is 4.46. The van der Waals surface area contributed by atoms with E-state index in [2.05, 4.69) is 26.6 Å². The molecule has 3 aromatic heterocycles. The third-order valence-electron chi connectivity index (χ3n) is 6.48. The molecule has 1 spiro atoms. The Morgan fingerprint density at radius 2 is 2.09 bits per heavy atom. The number of amides is 1. The van der Waals surface area contributed by atoms with Gasteiger partial charge < -0.3 is 19.2 Å². The summed E-state index contributed by atoms with van der Waals surface area (Å²) in [5, 5.41) is 10.2. The molecule has 0 radical (unpaired) electrons. The highest BCUT2D eigenvalue weighted by atomic mass is 16.5. The number of rotatable bonds is 3. The van der Waals surface area contributed by atoms with Crippen molar-refractivity contribution in [1.82, 2.24) is 24.9 Å². The van der Waals surface area contributed by atoms with Gasteiger partial charge in [-0.05, 0) is 29.8 Å². The summed E-state index contributed by atoms with van der Waals surface area (Å²) in [5.74, 6) is 0.704. The van der Waals surface area contributed by atoms with Crippen molar-refractivity contribution >= 4 is 11.6 Å². The van der Waals surface area contributed by atoms with Crippen molar-refractivity contribution in [3.05, 3.63) is 72.4 Å². The van der Waals surface area contributed by atoms with Crippen molar-refractivity contribution in [2.45, 2.75) is 30.9 Å². The predicted octanol–water partition coefficient (Wildman–Crippen LogP) is 3.53. The molecule has 6 rings (SSSR count). The molecule has 1 unspecified atom stereocenters. The summed E-state index contributed by atoms with van der Waals surface area (Å²) >= 11 is 0. The number of imidazole rings is 1. The molecule has 0 bridgehead atoms. The van der Waals surface area contributed by atoms with Crippen LogP contribution < -0.4 is 10.1 Å². The first-order valence-electron chi connectivity index (χ1n) is 10.8. The first-order chi connectivity index (χ1) is 15.7. The Balaban J connectivity index is 1.36. The summed E-state index contributed by atoms with van der Waals surface area (Å²) in [6.45, 7) is 1.33. The molecule has 0 aliphatic carbocycles. The lowest BCUT2D eigenvalue weighted by Gasteiger charge is -2.44. The average Bonchev–Trinajstić information content (AvgIpc) is 3.51. The van der Waals surface area contributed by atoms with Gasteiger partial charge in [-0.25, -0.2) is 4.98 Å². The van der Waals surface area contributed by atoms with Gasteiger partial charge in [0.1, 0.15) is 17.0 Å². The van der Waals surface area contributed by atoms with Gasteiger partial charge in [0.2, 0.25) is 0 Å². The molecule has 2 aliphatic heterocycles. The number of fused-ring (bicyclic) bond motifs is 2. The van der Waals surface area contributed by atoms with Crippen molar-refractivity contribution in [1.29, 1.82) is 0 Å². The first-order valence-corrected chi connectivity index (χ1v) is 10.8. The molecule has 8 heteroatoms. The number of carbonyl (C=O) groups excluding carboxylic acids is 1. The normalized spacial score (nSPS) is 19.4. The maximum Gasteiger partial charge on any atom is 0.253 e. The van der Waals surface area contributed by atoms with Crippen molar-refractivity contribution < 1.29 is 14.3 Å². The fourth-order valence-electron chi connectivity index (χ4n) is 4.73. The van der Waals surface area contributed by atoms with Crippen molar-refractivity contribution in [3.63, 3.8) is 0 Å². The quantitative estimate of drug-likeness (QED) is 0.520. The lowest BCUT2D eigenvalue weighted by Crippen LogP contribution is -2.48. The van der Waals surface area contributed by atoms with Crippen LogP contribution in [0.4, 0.5) is 0 Å². The third kappa shape index (κ3) is 3.33. The van der Waals surface area contributed by atoms with Gasteiger partial charge in [-0.1, -0.05) is 6.07 Å². The van der Waals surface area contributed by atoms with E-state index in [9.17, 15) is 4.79 Å². The Labute approximate surface area is 184 Å². The zero-order valence-electron chi connectivity index (χ0n) is 17.5. The third-order valence-corrected chi connectivity index (χ3v) is 6.48. The smallest absolute Gasteiger partial charge is 0.253 e. The number of ether oxygens (including phenoxy) is 2. The zero-order valence-corrected chi connectivity index (χ0v) is 17.5. The van der Waals surface area contributed by atoms with E-state index < -0.39 is 0 Å². The van der Waals surface area contributed by atoms with Gasteiger partial charge in [0.05, 0.1) is 31.0 Å². The summed E-state index contributed by atoms with van der Waals surface area (Å²) in [4.78, 5) is 17.5. The molecule has 0 saturated carbocycles.